The summed E-state index contributed by atoms with van der Waals surface area (Å²) >= 11 is 0. The van der Waals surface area contributed by atoms with Gasteiger partial charge in [-0.1, -0.05) is 6.07 Å². The Labute approximate surface area is 165 Å². The maximum Gasteiger partial charge on any atom is 0.409 e. The normalized spacial score (nSPS) is 14.0. The SMILES string of the molecule is CCOC(=O)N1CCN(C(=O)c2ccc(Nc3ccc(C)c(C)c3)nc2)CC1. The van der Waals surface area contributed by atoms with Crippen molar-refractivity contribution in [1.29, 1.82) is 0 Å². The van der Waals surface area contributed by atoms with E-state index in [-0.39, 0.29) is 12.0 Å². The van der Waals surface area contributed by atoms with E-state index in [2.05, 4.69) is 36.3 Å². The Bertz CT molecular complexity index is 843. The van der Waals surface area contributed by atoms with Crippen LogP contribution in [0.25, 0.3) is 0 Å². The fourth-order valence-corrected chi connectivity index (χ4v) is 3.05. The number of hydrogen-bond donors (Lipinski definition) is 1. The van der Waals surface area contributed by atoms with Gasteiger partial charge in [0.05, 0.1) is 12.2 Å². The zero-order valence-electron chi connectivity index (χ0n) is 16.6. The third-order valence-corrected chi connectivity index (χ3v) is 4.88. The lowest BCUT2D eigenvalue weighted by atomic mass is 10.1. The van der Waals surface area contributed by atoms with Crippen LogP contribution in [-0.4, -0.2) is 59.6 Å². The summed E-state index contributed by atoms with van der Waals surface area (Å²) in [5.74, 6) is 0.612. The molecule has 7 heteroatoms. The molecule has 2 heterocycles. The molecule has 3 rings (SSSR count). The van der Waals surface area contributed by atoms with Crippen molar-refractivity contribution in [3.8, 4) is 0 Å². The highest BCUT2D eigenvalue weighted by molar-refractivity contribution is 5.94. The maximum atomic E-state index is 12.7. The molecule has 0 bridgehead atoms. The first-order chi connectivity index (χ1) is 13.5. The number of amides is 2. The topological polar surface area (TPSA) is 74.8 Å². The Balaban J connectivity index is 1.58. The molecule has 2 aromatic rings. The molecule has 28 heavy (non-hydrogen) atoms. The summed E-state index contributed by atoms with van der Waals surface area (Å²) < 4.78 is 5.00. The predicted octanol–water partition coefficient (Wildman–Crippen LogP) is 3.36. The molecule has 1 aliphatic heterocycles. The van der Waals surface area contributed by atoms with Crippen molar-refractivity contribution >= 4 is 23.5 Å². The molecule has 0 radical (unpaired) electrons. The summed E-state index contributed by atoms with van der Waals surface area (Å²) in [6, 6.07) is 9.71. The summed E-state index contributed by atoms with van der Waals surface area (Å²) in [6.07, 6.45) is 1.27. The Kier molecular flexibility index (Phi) is 6.13. The molecule has 1 aromatic carbocycles. The van der Waals surface area contributed by atoms with Gasteiger partial charge in [-0.05, 0) is 56.2 Å². The Morgan fingerprint density at radius 1 is 1.04 bits per heavy atom. The van der Waals surface area contributed by atoms with Crippen molar-refractivity contribution in [2.45, 2.75) is 20.8 Å². The number of carbonyl (C=O) groups excluding carboxylic acids is 2. The molecular weight excluding hydrogens is 356 g/mol. The zero-order valence-corrected chi connectivity index (χ0v) is 16.6. The van der Waals surface area contributed by atoms with Crippen LogP contribution in [-0.2, 0) is 4.74 Å². The number of aromatic nitrogens is 1. The second-order valence-corrected chi connectivity index (χ2v) is 6.83. The fraction of sp³-hybridized carbons (Fsp3) is 0.381. The number of carbonyl (C=O) groups is 2. The van der Waals surface area contributed by atoms with Crippen LogP contribution in [0.4, 0.5) is 16.3 Å². The Hall–Kier alpha value is -3.09. The molecular formula is C21H26N4O3. The second kappa shape index (κ2) is 8.73. The summed E-state index contributed by atoms with van der Waals surface area (Å²) in [6.45, 7) is 8.20. The summed E-state index contributed by atoms with van der Waals surface area (Å²) in [5, 5.41) is 3.25. The molecule has 0 unspecified atom stereocenters. The highest BCUT2D eigenvalue weighted by Gasteiger charge is 2.25. The van der Waals surface area contributed by atoms with Gasteiger partial charge in [0.2, 0.25) is 0 Å². The van der Waals surface area contributed by atoms with Crippen molar-refractivity contribution < 1.29 is 14.3 Å². The van der Waals surface area contributed by atoms with E-state index >= 15 is 0 Å². The molecule has 1 aromatic heterocycles. The number of ether oxygens (including phenoxy) is 1. The minimum atomic E-state index is -0.321. The van der Waals surface area contributed by atoms with E-state index in [4.69, 9.17) is 4.74 Å². The molecule has 0 spiro atoms. The first-order valence-corrected chi connectivity index (χ1v) is 9.49. The van der Waals surface area contributed by atoms with Crippen LogP contribution in [0.1, 0.15) is 28.4 Å². The summed E-state index contributed by atoms with van der Waals surface area (Å²) in [7, 11) is 0. The lowest BCUT2D eigenvalue weighted by Crippen LogP contribution is -2.50. The van der Waals surface area contributed by atoms with Crippen LogP contribution in [0.2, 0.25) is 0 Å². The standard InChI is InChI=1S/C21H26N4O3/c1-4-28-21(27)25-11-9-24(10-12-25)20(26)17-6-8-19(22-14-17)23-18-7-5-15(2)16(3)13-18/h5-8,13-14H,4,9-12H2,1-3H3,(H,22,23). The minimum Gasteiger partial charge on any atom is -0.450 e. The third-order valence-electron chi connectivity index (χ3n) is 4.88. The summed E-state index contributed by atoms with van der Waals surface area (Å²) in [5.41, 5.74) is 3.95. The molecule has 1 N–H and O–H groups in total. The van der Waals surface area contributed by atoms with Crippen LogP contribution in [0.3, 0.4) is 0 Å². The van der Waals surface area contributed by atoms with Gasteiger partial charge in [0.25, 0.3) is 5.91 Å². The van der Waals surface area contributed by atoms with Gasteiger partial charge in [0, 0.05) is 38.1 Å². The van der Waals surface area contributed by atoms with E-state index < -0.39 is 0 Å². The van der Waals surface area contributed by atoms with Crippen LogP contribution >= 0.6 is 0 Å². The highest BCUT2D eigenvalue weighted by atomic mass is 16.6. The van der Waals surface area contributed by atoms with E-state index in [1.807, 2.05) is 6.07 Å². The van der Waals surface area contributed by atoms with Crippen molar-refractivity contribution in [3.63, 3.8) is 0 Å². The quantitative estimate of drug-likeness (QED) is 0.878. The Morgan fingerprint density at radius 2 is 1.75 bits per heavy atom. The number of hydrogen-bond acceptors (Lipinski definition) is 5. The smallest absolute Gasteiger partial charge is 0.409 e. The number of piperazine rings is 1. The largest absolute Gasteiger partial charge is 0.450 e. The number of nitrogens with zero attached hydrogens (tertiary/aromatic N) is 3. The number of benzene rings is 1. The van der Waals surface area contributed by atoms with E-state index in [9.17, 15) is 9.59 Å². The minimum absolute atomic E-state index is 0.0752. The number of nitrogens with one attached hydrogen (secondary N) is 1. The second-order valence-electron chi connectivity index (χ2n) is 6.83. The third kappa shape index (κ3) is 4.60. The van der Waals surface area contributed by atoms with Crippen LogP contribution in [0.5, 0.6) is 0 Å². The average Bonchev–Trinajstić information content (AvgIpc) is 2.71. The Morgan fingerprint density at radius 3 is 2.36 bits per heavy atom. The number of pyridine rings is 1. The predicted molar refractivity (Wildman–Crippen MR) is 108 cm³/mol. The molecule has 1 saturated heterocycles. The number of aryl methyl sites for hydroxylation is 2. The van der Waals surface area contributed by atoms with Gasteiger partial charge >= 0.3 is 6.09 Å². The van der Waals surface area contributed by atoms with Crippen LogP contribution in [0.15, 0.2) is 36.5 Å². The van der Waals surface area contributed by atoms with E-state index in [0.29, 0.717) is 44.2 Å². The lowest BCUT2D eigenvalue weighted by molar-refractivity contribution is 0.0570. The van der Waals surface area contributed by atoms with Gasteiger partial charge in [-0.25, -0.2) is 9.78 Å². The monoisotopic (exact) mass is 382 g/mol. The zero-order chi connectivity index (χ0) is 20.1. The van der Waals surface area contributed by atoms with E-state index in [1.165, 1.54) is 11.1 Å². The van der Waals surface area contributed by atoms with Gasteiger partial charge in [0.15, 0.2) is 0 Å². The molecule has 148 valence electrons. The van der Waals surface area contributed by atoms with Gasteiger partial charge in [-0.3, -0.25) is 4.79 Å². The average molecular weight is 382 g/mol. The number of anilines is 2. The van der Waals surface area contributed by atoms with Crippen LogP contribution in [0, 0.1) is 13.8 Å². The molecule has 1 aliphatic rings. The van der Waals surface area contributed by atoms with Crippen molar-refractivity contribution in [3.05, 3.63) is 53.2 Å². The first kappa shape index (κ1) is 19.7. The van der Waals surface area contributed by atoms with Gasteiger partial charge < -0.3 is 19.9 Å². The summed E-state index contributed by atoms with van der Waals surface area (Å²) in [4.78, 5) is 32.2. The lowest BCUT2D eigenvalue weighted by Gasteiger charge is -2.34. The van der Waals surface area contributed by atoms with Gasteiger partial charge in [0.1, 0.15) is 5.82 Å². The molecule has 0 aliphatic carbocycles. The van der Waals surface area contributed by atoms with Crippen LogP contribution < -0.4 is 5.32 Å². The van der Waals surface area contributed by atoms with Gasteiger partial charge in [-0.2, -0.15) is 0 Å². The first-order valence-electron chi connectivity index (χ1n) is 9.49. The molecule has 2 amide bonds. The molecule has 0 saturated carbocycles. The van der Waals surface area contributed by atoms with Crippen molar-refractivity contribution in [2.75, 3.05) is 38.1 Å². The van der Waals surface area contributed by atoms with Gasteiger partial charge in [-0.15, -0.1) is 0 Å². The van der Waals surface area contributed by atoms with Crippen molar-refractivity contribution in [1.82, 2.24) is 14.8 Å². The highest BCUT2D eigenvalue weighted by Crippen LogP contribution is 2.19. The fourth-order valence-electron chi connectivity index (χ4n) is 3.05. The van der Waals surface area contributed by atoms with Crippen molar-refractivity contribution in [2.24, 2.45) is 0 Å². The maximum absolute atomic E-state index is 12.7. The molecule has 0 atom stereocenters. The molecule has 7 nitrogen and oxygen atoms in total. The van der Waals surface area contributed by atoms with E-state index in [0.717, 1.165) is 5.69 Å². The molecule has 1 fully saturated rings. The van der Waals surface area contributed by atoms with E-state index in [1.54, 1.807) is 35.1 Å². The number of rotatable bonds is 4.